The first-order valence-corrected chi connectivity index (χ1v) is 4.75. The molecule has 4 heteroatoms. The summed E-state index contributed by atoms with van der Waals surface area (Å²) < 4.78 is 0. The number of halogens is 1. The maximum absolute atomic E-state index is 11.7. The molecule has 0 aromatic carbocycles. The molecule has 13 heavy (non-hydrogen) atoms. The second kappa shape index (κ2) is 3.15. The molecule has 0 saturated carbocycles. The van der Waals surface area contributed by atoms with Gasteiger partial charge >= 0.3 is 0 Å². The molecule has 1 aliphatic rings. The Morgan fingerprint density at radius 3 is 3.15 bits per heavy atom. The quantitative estimate of drug-likeness (QED) is 0.459. The Kier molecular flexibility index (Phi) is 2.12. The number of aromatic nitrogens is 1. The molecule has 1 atom stereocenters. The molecule has 2 nitrogen and oxygen atoms in total. The Bertz CT molecular complexity index is 367. The van der Waals surface area contributed by atoms with Crippen LogP contribution in [0.15, 0.2) is 12.3 Å². The summed E-state index contributed by atoms with van der Waals surface area (Å²) in [4.78, 5) is 15.6. The predicted molar refractivity (Wildman–Crippen MR) is 54.2 cm³/mol. The fourth-order valence-corrected chi connectivity index (χ4v) is 1.81. The average Bonchev–Trinajstić information content (AvgIpc) is 2.12. The largest absolute Gasteiger partial charge is 0.295 e. The number of nitrogens with zero attached hydrogens (tertiary/aromatic N) is 1. The Morgan fingerprint density at radius 2 is 2.38 bits per heavy atom. The Morgan fingerprint density at radius 1 is 1.62 bits per heavy atom. The molecular formula is C9H9BClNO. The lowest BCUT2D eigenvalue weighted by atomic mass is 9.72. The molecule has 0 amide bonds. The molecule has 1 aromatic rings. The van der Waals surface area contributed by atoms with Gasteiger partial charge in [0.05, 0.1) is 0 Å². The van der Waals surface area contributed by atoms with Gasteiger partial charge in [0.1, 0.15) is 13.0 Å². The third kappa shape index (κ3) is 1.48. The summed E-state index contributed by atoms with van der Waals surface area (Å²) in [6.07, 6.45) is 3.57. The van der Waals surface area contributed by atoms with Crippen molar-refractivity contribution in [3.05, 3.63) is 28.5 Å². The first-order valence-electron chi connectivity index (χ1n) is 4.37. The number of fused-ring (bicyclic) bond motifs is 1. The van der Waals surface area contributed by atoms with E-state index >= 15 is 0 Å². The second-order valence-electron chi connectivity index (χ2n) is 3.47. The standard InChI is InChI=1S/C9H9BClNO/c10-7-2-1-5-4-12-8(11)3-6(5)9(7)13/h3-4,7H,1-2,10H2. The summed E-state index contributed by atoms with van der Waals surface area (Å²) in [5, 5.41) is 0.404. The SMILES string of the molecule is BC1CCc2cnc(Cl)cc2C1=O. The van der Waals surface area contributed by atoms with Crippen molar-refractivity contribution in [2.75, 3.05) is 0 Å². The number of aryl methyl sites for hydroxylation is 1. The zero-order valence-corrected chi connectivity index (χ0v) is 8.14. The fraction of sp³-hybridized carbons (Fsp3) is 0.333. The third-order valence-corrected chi connectivity index (χ3v) is 2.72. The van der Waals surface area contributed by atoms with Gasteiger partial charge in [0.25, 0.3) is 0 Å². The van der Waals surface area contributed by atoms with Crippen LogP contribution in [-0.4, -0.2) is 18.6 Å². The van der Waals surface area contributed by atoms with Gasteiger partial charge in [0, 0.05) is 11.8 Å². The van der Waals surface area contributed by atoms with Gasteiger partial charge in [-0.2, -0.15) is 0 Å². The van der Waals surface area contributed by atoms with Crippen LogP contribution in [-0.2, 0) is 6.42 Å². The zero-order chi connectivity index (χ0) is 9.42. The van der Waals surface area contributed by atoms with Crippen molar-refractivity contribution in [3.63, 3.8) is 0 Å². The molecule has 0 radical (unpaired) electrons. The van der Waals surface area contributed by atoms with E-state index in [1.807, 2.05) is 7.85 Å². The summed E-state index contributed by atoms with van der Waals surface area (Å²) in [6.45, 7) is 0. The van der Waals surface area contributed by atoms with Gasteiger partial charge in [-0.1, -0.05) is 11.6 Å². The van der Waals surface area contributed by atoms with Crippen LogP contribution in [0.2, 0.25) is 11.0 Å². The van der Waals surface area contributed by atoms with E-state index in [9.17, 15) is 4.79 Å². The van der Waals surface area contributed by atoms with Crippen LogP contribution in [0.4, 0.5) is 0 Å². The number of hydrogen-bond donors (Lipinski definition) is 0. The molecule has 0 N–H and O–H groups in total. The molecule has 1 aromatic heterocycles. The van der Waals surface area contributed by atoms with Crippen LogP contribution >= 0.6 is 11.6 Å². The highest BCUT2D eigenvalue weighted by Crippen LogP contribution is 2.27. The summed E-state index contributed by atoms with van der Waals surface area (Å²) >= 11 is 5.73. The maximum atomic E-state index is 11.7. The van der Waals surface area contributed by atoms with E-state index in [0.29, 0.717) is 5.15 Å². The number of ketones is 1. The van der Waals surface area contributed by atoms with E-state index in [2.05, 4.69) is 4.98 Å². The normalized spacial score (nSPS) is 21.3. The monoisotopic (exact) mass is 193 g/mol. The lowest BCUT2D eigenvalue weighted by molar-refractivity contribution is 0.0973. The molecule has 0 saturated heterocycles. The lowest BCUT2D eigenvalue weighted by Gasteiger charge is -2.19. The van der Waals surface area contributed by atoms with Crippen molar-refractivity contribution >= 4 is 25.2 Å². The molecule has 1 aliphatic carbocycles. The highest BCUT2D eigenvalue weighted by molar-refractivity contribution is 6.31. The number of Topliss-reactive ketones (excluding diaryl/α,β-unsaturated/α-hetero) is 1. The highest BCUT2D eigenvalue weighted by atomic mass is 35.5. The van der Waals surface area contributed by atoms with Crippen LogP contribution in [0.3, 0.4) is 0 Å². The Hall–Kier alpha value is -0.825. The van der Waals surface area contributed by atoms with Crippen molar-refractivity contribution in [1.29, 1.82) is 0 Å². The topological polar surface area (TPSA) is 30.0 Å². The molecule has 2 rings (SSSR count). The van der Waals surface area contributed by atoms with Crippen molar-refractivity contribution in [2.24, 2.45) is 0 Å². The molecule has 0 spiro atoms. The van der Waals surface area contributed by atoms with Gasteiger partial charge in [0.15, 0.2) is 5.78 Å². The van der Waals surface area contributed by atoms with Gasteiger partial charge in [-0.25, -0.2) is 4.98 Å². The van der Waals surface area contributed by atoms with Crippen molar-refractivity contribution in [2.45, 2.75) is 18.7 Å². The van der Waals surface area contributed by atoms with Crippen molar-refractivity contribution in [1.82, 2.24) is 4.98 Å². The average molecular weight is 193 g/mol. The van der Waals surface area contributed by atoms with E-state index < -0.39 is 0 Å². The second-order valence-corrected chi connectivity index (χ2v) is 3.86. The van der Waals surface area contributed by atoms with Gasteiger partial charge in [-0.05, 0) is 30.3 Å². The van der Waals surface area contributed by atoms with E-state index in [-0.39, 0.29) is 11.6 Å². The van der Waals surface area contributed by atoms with E-state index in [4.69, 9.17) is 11.6 Å². The fourth-order valence-electron chi connectivity index (χ4n) is 1.66. The Labute approximate surface area is 82.7 Å². The molecule has 0 fully saturated rings. The van der Waals surface area contributed by atoms with E-state index in [0.717, 1.165) is 24.0 Å². The predicted octanol–water partition coefficient (Wildman–Crippen LogP) is 1.29. The lowest BCUT2D eigenvalue weighted by Crippen LogP contribution is -2.18. The van der Waals surface area contributed by atoms with Gasteiger partial charge < -0.3 is 0 Å². The number of carbonyl (C=O) groups excluding carboxylic acids is 1. The van der Waals surface area contributed by atoms with Gasteiger partial charge in [-0.15, -0.1) is 0 Å². The van der Waals surface area contributed by atoms with Crippen LogP contribution in [0.25, 0.3) is 0 Å². The van der Waals surface area contributed by atoms with Crippen molar-refractivity contribution in [3.8, 4) is 0 Å². The summed E-state index contributed by atoms with van der Waals surface area (Å²) in [7, 11) is 1.96. The molecular weight excluding hydrogens is 184 g/mol. The summed E-state index contributed by atoms with van der Waals surface area (Å²) in [6, 6.07) is 1.68. The van der Waals surface area contributed by atoms with Crippen LogP contribution in [0.1, 0.15) is 22.3 Å². The molecule has 0 aliphatic heterocycles. The number of rotatable bonds is 0. The smallest absolute Gasteiger partial charge is 0.158 e. The minimum Gasteiger partial charge on any atom is -0.295 e. The first-order chi connectivity index (χ1) is 6.18. The van der Waals surface area contributed by atoms with Crippen LogP contribution < -0.4 is 0 Å². The third-order valence-electron chi connectivity index (χ3n) is 2.51. The van der Waals surface area contributed by atoms with Gasteiger partial charge in [-0.3, -0.25) is 4.79 Å². The summed E-state index contributed by atoms with van der Waals surface area (Å²) in [5.74, 6) is 0.330. The van der Waals surface area contributed by atoms with E-state index in [1.54, 1.807) is 12.3 Å². The minimum atomic E-state index is 0.131. The molecule has 1 heterocycles. The maximum Gasteiger partial charge on any atom is 0.158 e. The molecule has 1 unspecified atom stereocenters. The highest BCUT2D eigenvalue weighted by Gasteiger charge is 2.23. The Balaban J connectivity index is 2.51. The number of carbonyl (C=O) groups is 1. The first kappa shape index (κ1) is 8.76. The zero-order valence-electron chi connectivity index (χ0n) is 7.38. The molecule has 0 bridgehead atoms. The summed E-state index contributed by atoms with van der Waals surface area (Å²) in [5.41, 5.74) is 1.80. The van der Waals surface area contributed by atoms with Crippen molar-refractivity contribution < 1.29 is 4.79 Å². The van der Waals surface area contributed by atoms with Crippen LogP contribution in [0, 0.1) is 0 Å². The van der Waals surface area contributed by atoms with E-state index in [1.165, 1.54) is 0 Å². The van der Waals surface area contributed by atoms with Crippen LogP contribution in [0.5, 0.6) is 0 Å². The molecule has 66 valence electrons. The minimum absolute atomic E-state index is 0.131. The number of pyridine rings is 1. The van der Waals surface area contributed by atoms with Gasteiger partial charge in [0.2, 0.25) is 0 Å². The number of hydrogen-bond acceptors (Lipinski definition) is 2.